The summed E-state index contributed by atoms with van der Waals surface area (Å²) in [5.41, 5.74) is 6.64. The number of carbonyl (C=O) groups is 1. The minimum atomic E-state index is -1.14. The van der Waals surface area contributed by atoms with Gasteiger partial charge >= 0.3 is 5.97 Å². The number of hydrogen-bond donors (Lipinski definition) is 3. The number of non-ortho nitro benzene ring substituents is 1. The first-order chi connectivity index (χ1) is 9.45. The van der Waals surface area contributed by atoms with Crippen LogP contribution in [0.4, 0.5) is 5.69 Å². The number of nitro groups is 1. The van der Waals surface area contributed by atoms with Gasteiger partial charge in [0.15, 0.2) is 0 Å². The van der Waals surface area contributed by atoms with Crippen molar-refractivity contribution in [2.75, 3.05) is 6.26 Å². The molecule has 0 aliphatic heterocycles. The molecule has 0 spiro atoms. The molecule has 106 valence electrons. The van der Waals surface area contributed by atoms with E-state index in [4.69, 9.17) is 10.8 Å². The second-order valence-corrected chi connectivity index (χ2v) is 5.10. The monoisotopic (exact) mass is 295 g/mol. The molecule has 0 radical (unpaired) electrons. The smallest absolute Gasteiger partial charge is 0.320 e. The molecule has 0 fully saturated rings. The third kappa shape index (κ3) is 2.47. The van der Waals surface area contributed by atoms with E-state index in [-0.39, 0.29) is 12.1 Å². The van der Waals surface area contributed by atoms with E-state index in [9.17, 15) is 14.9 Å². The van der Waals surface area contributed by atoms with Crippen molar-refractivity contribution in [3.8, 4) is 0 Å². The van der Waals surface area contributed by atoms with Gasteiger partial charge in [-0.1, -0.05) is 0 Å². The van der Waals surface area contributed by atoms with E-state index >= 15 is 0 Å². The van der Waals surface area contributed by atoms with Crippen molar-refractivity contribution in [2.45, 2.75) is 17.4 Å². The van der Waals surface area contributed by atoms with Crippen molar-refractivity contribution in [1.29, 1.82) is 0 Å². The summed E-state index contributed by atoms with van der Waals surface area (Å²) in [5, 5.41) is 20.4. The maximum Gasteiger partial charge on any atom is 0.320 e. The molecule has 1 unspecified atom stereocenters. The number of aromatic nitrogens is 1. The van der Waals surface area contributed by atoms with Crippen LogP contribution in [0.3, 0.4) is 0 Å². The Hall–Kier alpha value is -2.06. The molecule has 0 saturated carbocycles. The summed E-state index contributed by atoms with van der Waals surface area (Å²) >= 11 is 1.46. The first kappa shape index (κ1) is 14.4. The summed E-state index contributed by atoms with van der Waals surface area (Å²) in [6.07, 6.45) is 3.48. The Kier molecular flexibility index (Phi) is 3.96. The standard InChI is InChI=1S/C12H13N3O4S/c1-20-9-3-2-8(15(18)19)10-6(5-14-11(9)10)4-7(13)12(16)17/h2-3,5,7,14H,4,13H2,1H3,(H,16,17). The van der Waals surface area contributed by atoms with Crippen LogP contribution in [-0.4, -0.2) is 33.3 Å². The number of aromatic amines is 1. The molecule has 7 nitrogen and oxygen atoms in total. The van der Waals surface area contributed by atoms with E-state index in [0.717, 1.165) is 4.90 Å². The zero-order valence-corrected chi connectivity index (χ0v) is 11.4. The van der Waals surface area contributed by atoms with Gasteiger partial charge in [-0.25, -0.2) is 0 Å². The van der Waals surface area contributed by atoms with Gasteiger partial charge in [0.2, 0.25) is 0 Å². The van der Waals surface area contributed by atoms with Crippen molar-refractivity contribution >= 4 is 34.3 Å². The third-order valence-corrected chi connectivity index (χ3v) is 3.81. The van der Waals surface area contributed by atoms with Crippen LogP contribution < -0.4 is 5.73 Å². The minimum Gasteiger partial charge on any atom is -0.480 e. The molecule has 0 bridgehead atoms. The average molecular weight is 295 g/mol. The van der Waals surface area contributed by atoms with Gasteiger partial charge in [-0.05, 0) is 17.9 Å². The lowest BCUT2D eigenvalue weighted by atomic mass is 10.0. The van der Waals surface area contributed by atoms with Gasteiger partial charge in [0.1, 0.15) is 6.04 Å². The number of nitrogens with zero attached hydrogens (tertiary/aromatic N) is 1. The number of H-pyrrole nitrogens is 1. The average Bonchev–Trinajstić information content (AvgIpc) is 2.81. The Bertz CT molecular complexity index is 683. The van der Waals surface area contributed by atoms with Crippen LogP contribution in [0.5, 0.6) is 0 Å². The van der Waals surface area contributed by atoms with Crippen molar-refractivity contribution < 1.29 is 14.8 Å². The second-order valence-electron chi connectivity index (χ2n) is 4.26. The van der Waals surface area contributed by atoms with Crippen molar-refractivity contribution in [3.63, 3.8) is 0 Å². The van der Waals surface area contributed by atoms with E-state index in [1.54, 1.807) is 12.3 Å². The van der Waals surface area contributed by atoms with Crippen LogP contribution in [0.2, 0.25) is 0 Å². The highest BCUT2D eigenvalue weighted by molar-refractivity contribution is 7.98. The van der Waals surface area contributed by atoms with Crippen LogP contribution >= 0.6 is 11.8 Å². The van der Waals surface area contributed by atoms with Gasteiger partial charge in [-0.2, -0.15) is 0 Å². The van der Waals surface area contributed by atoms with Gasteiger partial charge in [0, 0.05) is 23.6 Å². The van der Waals surface area contributed by atoms with Gasteiger partial charge in [0.25, 0.3) is 5.69 Å². The summed E-state index contributed by atoms with van der Waals surface area (Å²) in [4.78, 5) is 25.3. The number of fused-ring (bicyclic) bond motifs is 1. The number of benzene rings is 1. The summed E-state index contributed by atoms with van der Waals surface area (Å²) in [7, 11) is 0. The van der Waals surface area contributed by atoms with Crippen LogP contribution in [0.25, 0.3) is 10.9 Å². The van der Waals surface area contributed by atoms with E-state index in [1.807, 2.05) is 6.26 Å². The van der Waals surface area contributed by atoms with Crippen molar-refractivity contribution in [1.82, 2.24) is 4.98 Å². The van der Waals surface area contributed by atoms with Crippen LogP contribution in [0.1, 0.15) is 5.56 Å². The van der Waals surface area contributed by atoms with Crippen LogP contribution in [0.15, 0.2) is 23.2 Å². The quantitative estimate of drug-likeness (QED) is 0.439. The lowest BCUT2D eigenvalue weighted by Gasteiger charge is -2.06. The Balaban J connectivity index is 2.61. The molecule has 0 amide bonds. The van der Waals surface area contributed by atoms with Gasteiger partial charge < -0.3 is 15.8 Å². The maximum atomic E-state index is 11.1. The van der Waals surface area contributed by atoms with E-state index < -0.39 is 16.9 Å². The molecule has 0 saturated heterocycles. The molecule has 8 heteroatoms. The molecule has 1 heterocycles. The summed E-state index contributed by atoms with van der Waals surface area (Å²) in [6, 6.07) is 2.01. The molecule has 0 aliphatic rings. The third-order valence-electron chi connectivity index (χ3n) is 3.03. The molecular formula is C12H13N3O4S. The number of thioether (sulfide) groups is 1. The van der Waals surface area contributed by atoms with Crippen LogP contribution in [-0.2, 0) is 11.2 Å². The maximum absolute atomic E-state index is 11.1. The Morgan fingerprint density at radius 3 is 2.85 bits per heavy atom. The van der Waals surface area contributed by atoms with Gasteiger partial charge in [-0.15, -0.1) is 11.8 Å². The largest absolute Gasteiger partial charge is 0.480 e. The molecule has 20 heavy (non-hydrogen) atoms. The molecule has 0 aliphatic carbocycles. The predicted octanol–water partition coefficient (Wildman–Crippen LogP) is 1.75. The van der Waals surface area contributed by atoms with E-state index in [2.05, 4.69) is 4.98 Å². The highest BCUT2D eigenvalue weighted by atomic mass is 32.2. The second kappa shape index (κ2) is 5.51. The van der Waals surface area contributed by atoms with Crippen molar-refractivity contribution in [2.24, 2.45) is 5.73 Å². The molecule has 2 aromatic rings. The lowest BCUT2D eigenvalue weighted by Crippen LogP contribution is -2.32. The fourth-order valence-corrected chi connectivity index (χ4v) is 2.65. The van der Waals surface area contributed by atoms with Crippen LogP contribution in [0, 0.1) is 10.1 Å². The molecule has 1 aromatic carbocycles. The molecule has 1 atom stereocenters. The zero-order chi connectivity index (χ0) is 14.9. The number of rotatable bonds is 5. The Morgan fingerprint density at radius 2 is 2.30 bits per heavy atom. The molecule has 2 rings (SSSR count). The summed E-state index contributed by atoms with van der Waals surface area (Å²) in [6.45, 7) is 0. The topological polar surface area (TPSA) is 122 Å². The minimum absolute atomic E-state index is 0.0357. The first-order valence-corrected chi connectivity index (χ1v) is 6.98. The zero-order valence-electron chi connectivity index (χ0n) is 10.6. The van der Waals surface area contributed by atoms with Gasteiger partial charge in [-0.3, -0.25) is 14.9 Å². The van der Waals surface area contributed by atoms with E-state index in [1.165, 1.54) is 17.8 Å². The summed E-state index contributed by atoms with van der Waals surface area (Å²) < 4.78 is 0. The van der Waals surface area contributed by atoms with Crippen molar-refractivity contribution in [3.05, 3.63) is 34.0 Å². The SMILES string of the molecule is CSc1ccc([N+](=O)[O-])c2c(CC(N)C(=O)O)c[nH]c12. The molecule has 1 aromatic heterocycles. The number of carboxylic acid groups (broad SMARTS) is 1. The lowest BCUT2D eigenvalue weighted by molar-refractivity contribution is -0.383. The predicted molar refractivity (Wildman–Crippen MR) is 76.0 cm³/mol. The summed E-state index contributed by atoms with van der Waals surface area (Å²) in [5.74, 6) is -1.14. The first-order valence-electron chi connectivity index (χ1n) is 5.75. The normalized spacial score (nSPS) is 12.5. The fourth-order valence-electron chi connectivity index (χ4n) is 2.08. The Labute approximate surface area is 118 Å². The number of aliphatic carboxylic acids is 1. The highest BCUT2D eigenvalue weighted by Gasteiger charge is 2.22. The number of nitrogens with one attached hydrogen (secondary N) is 1. The number of carboxylic acids is 1. The molecule has 4 N–H and O–H groups in total. The number of nitrogens with two attached hydrogens (primary N) is 1. The fraction of sp³-hybridized carbons (Fsp3) is 0.250. The molecular weight excluding hydrogens is 282 g/mol. The highest BCUT2D eigenvalue weighted by Crippen LogP contribution is 2.35. The van der Waals surface area contributed by atoms with Gasteiger partial charge in [0.05, 0.1) is 15.8 Å². The Morgan fingerprint density at radius 1 is 1.60 bits per heavy atom. The van der Waals surface area contributed by atoms with E-state index in [0.29, 0.717) is 16.5 Å². The number of hydrogen-bond acceptors (Lipinski definition) is 5. The number of nitro benzene ring substituents is 1.